The Kier molecular flexibility index (Phi) is 3.13. The third-order valence-corrected chi connectivity index (χ3v) is 5.26. The van der Waals surface area contributed by atoms with Crippen molar-refractivity contribution in [3.05, 3.63) is 36.3 Å². The van der Waals surface area contributed by atoms with E-state index in [1.807, 2.05) is 25.3 Å². The monoisotopic (exact) mass is 298 g/mol. The van der Waals surface area contributed by atoms with Crippen LogP contribution in [-0.4, -0.2) is 20.7 Å². The van der Waals surface area contributed by atoms with Crippen LogP contribution in [0.15, 0.2) is 30.7 Å². The molecule has 0 spiro atoms. The Morgan fingerprint density at radius 3 is 2.32 bits per heavy atom. The van der Waals surface area contributed by atoms with Crippen molar-refractivity contribution in [2.24, 2.45) is 16.7 Å². The van der Waals surface area contributed by atoms with Crippen LogP contribution >= 0.6 is 0 Å². The van der Waals surface area contributed by atoms with Gasteiger partial charge in [0.05, 0.1) is 18.1 Å². The van der Waals surface area contributed by atoms with Gasteiger partial charge in [0.15, 0.2) is 0 Å². The lowest BCUT2D eigenvalue weighted by atomic mass is 10.0. The van der Waals surface area contributed by atoms with Crippen molar-refractivity contribution in [3.63, 3.8) is 0 Å². The van der Waals surface area contributed by atoms with Crippen LogP contribution in [0.1, 0.15) is 33.3 Å². The summed E-state index contributed by atoms with van der Waals surface area (Å²) in [5.74, 6) is 0.650. The standard InChI is InChI=1S/C17H22N4O/c1-11-8-19-21(10-11)12-6-7-13(18-9-12)20-15(22)14-16(2,3)17(14,4)5/h6-10,14H,1-5H3,(H,18,20,22). The minimum Gasteiger partial charge on any atom is -0.310 e. The fourth-order valence-electron chi connectivity index (χ4n) is 3.20. The number of carbonyl (C=O) groups is 1. The van der Waals surface area contributed by atoms with E-state index in [9.17, 15) is 4.79 Å². The number of amides is 1. The third-order valence-electron chi connectivity index (χ3n) is 5.26. The van der Waals surface area contributed by atoms with Crippen LogP contribution in [0.5, 0.6) is 0 Å². The molecule has 1 fully saturated rings. The molecule has 0 atom stereocenters. The van der Waals surface area contributed by atoms with E-state index in [0.29, 0.717) is 5.82 Å². The molecule has 22 heavy (non-hydrogen) atoms. The van der Waals surface area contributed by atoms with Gasteiger partial charge in [0, 0.05) is 12.1 Å². The summed E-state index contributed by atoms with van der Waals surface area (Å²) in [5.41, 5.74) is 2.03. The van der Waals surface area contributed by atoms with Crippen LogP contribution in [0, 0.1) is 23.7 Å². The largest absolute Gasteiger partial charge is 0.310 e. The Morgan fingerprint density at radius 2 is 1.86 bits per heavy atom. The topological polar surface area (TPSA) is 59.8 Å². The van der Waals surface area contributed by atoms with E-state index in [0.717, 1.165) is 11.3 Å². The zero-order valence-corrected chi connectivity index (χ0v) is 13.7. The predicted octanol–water partition coefficient (Wildman–Crippen LogP) is 3.20. The first-order chi connectivity index (χ1) is 10.2. The van der Waals surface area contributed by atoms with E-state index < -0.39 is 0 Å². The van der Waals surface area contributed by atoms with Crippen molar-refractivity contribution in [1.82, 2.24) is 14.8 Å². The average Bonchev–Trinajstić information content (AvgIpc) is 2.75. The molecule has 2 heterocycles. The van der Waals surface area contributed by atoms with Crippen LogP contribution in [-0.2, 0) is 4.79 Å². The van der Waals surface area contributed by atoms with E-state index in [-0.39, 0.29) is 22.7 Å². The molecule has 0 aliphatic heterocycles. The number of hydrogen-bond acceptors (Lipinski definition) is 3. The van der Waals surface area contributed by atoms with Gasteiger partial charge in [-0.3, -0.25) is 4.79 Å². The van der Waals surface area contributed by atoms with Crippen molar-refractivity contribution in [3.8, 4) is 5.69 Å². The van der Waals surface area contributed by atoms with Gasteiger partial charge in [0.2, 0.25) is 5.91 Å². The summed E-state index contributed by atoms with van der Waals surface area (Å²) in [5, 5.41) is 7.16. The zero-order chi connectivity index (χ0) is 16.1. The smallest absolute Gasteiger partial charge is 0.229 e. The molecule has 1 saturated carbocycles. The lowest BCUT2D eigenvalue weighted by Crippen LogP contribution is -2.18. The summed E-state index contributed by atoms with van der Waals surface area (Å²) >= 11 is 0. The van der Waals surface area contributed by atoms with E-state index >= 15 is 0 Å². The Hall–Kier alpha value is -2.17. The van der Waals surface area contributed by atoms with E-state index in [1.54, 1.807) is 17.1 Å². The number of hydrogen-bond donors (Lipinski definition) is 1. The summed E-state index contributed by atoms with van der Waals surface area (Å²) in [6.45, 7) is 10.5. The molecular weight excluding hydrogens is 276 g/mol. The van der Waals surface area contributed by atoms with Crippen molar-refractivity contribution in [2.45, 2.75) is 34.6 Å². The minimum absolute atomic E-state index is 0.0234. The second-order valence-electron chi connectivity index (χ2n) is 7.23. The zero-order valence-electron chi connectivity index (χ0n) is 13.7. The van der Waals surface area contributed by atoms with Crippen molar-refractivity contribution >= 4 is 11.7 Å². The van der Waals surface area contributed by atoms with E-state index in [4.69, 9.17) is 0 Å². The summed E-state index contributed by atoms with van der Waals surface area (Å²) in [6, 6.07) is 3.71. The lowest BCUT2D eigenvalue weighted by Gasteiger charge is -2.07. The number of pyridine rings is 1. The summed E-state index contributed by atoms with van der Waals surface area (Å²) < 4.78 is 1.76. The maximum Gasteiger partial charge on any atom is 0.229 e. The van der Waals surface area contributed by atoms with Gasteiger partial charge in [-0.15, -0.1) is 0 Å². The third kappa shape index (κ3) is 2.21. The number of aromatic nitrogens is 3. The van der Waals surface area contributed by atoms with Crippen molar-refractivity contribution in [2.75, 3.05) is 5.32 Å². The lowest BCUT2D eigenvalue weighted by molar-refractivity contribution is -0.118. The molecular formula is C17H22N4O. The van der Waals surface area contributed by atoms with Crippen LogP contribution in [0.4, 0.5) is 5.82 Å². The number of nitrogens with one attached hydrogen (secondary N) is 1. The van der Waals surface area contributed by atoms with Gasteiger partial charge in [0.25, 0.3) is 0 Å². The Morgan fingerprint density at radius 1 is 1.18 bits per heavy atom. The predicted molar refractivity (Wildman–Crippen MR) is 85.8 cm³/mol. The van der Waals surface area contributed by atoms with E-state index in [1.165, 1.54) is 0 Å². The summed E-state index contributed by atoms with van der Waals surface area (Å²) in [6.07, 6.45) is 5.45. The molecule has 5 nitrogen and oxygen atoms in total. The Bertz CT molecular complexity index is 699. The van der Waals surface area contributed by atoms with Gasteiger partial charge in [-0.25, -0.2) is 9.67 Å². The summed E-state index contributed by atoms with van der Waals surface area (Å²) in [4.78, 5) is 16.7. The molecule has 0 saturated heterocycles. The molecule has 3 rings (SSSR count). The molecule has 1 aliphatic rings. The quantitative estimate of drug-likeness (QED) is 0.946. The first-order valence-electron chi connectivity index (χ1n) is 7.52. The van der Waals surface area contributed by atoms with Crippen molar-refractivity contribution < 1.29 is 4.79 Å². The highest BCUT2D eigenvalue weighted by Gasteiger charge is 2.68. The highest BCUT2D eigenvalue weighted by Crippen LogP contribution is 2.68. The number of aryl methyl sites for hydroxylation is 1. The van der Waals surface area contributed by atoms with E-state index in [2.05, 4.69) is 43.1 Å². The first kappa shape index (κ1) is 14.8. The second kappa shape index (κ2) is 4.66. The molecule has 1 N–H and O–H groups in total. The van der Waals surface area contributed by atoms with Crippen LogP contribution in [0.2, 0.25) is 0 Å². The minimum atomic E-state index is 0.0234. The van der Waals surface area contributed by atoms with Gasteiger partial charge >= 0.3 is 0 Å². The number of rotatable bonds is 3. The average molecular weight is 298 g/mol. The molecule has 0 radical (unpaired) electrons. The fraction of sp³-hybridized carbons (Fsp3) is 0.471. The second-order valence-corrected chi connectivity index (χ2v) is 7.23. The molecule has 0 unspecified atom stereocenters. The Labute approximate surface area is 130 Å². The molecule has 2 aromatic rings. The Balaban J connectivity index is 1.71. The van der Waals surface area contributed by atoms with Gasteiger partial charge in [-0.1, -0.05) is 27.7 Å². The number of carbonyl (C=O) groups excluding carboxylic acids is 1. The number of anilines is 1. The first-order valence-corrected chi connectivity index (χ1v) is 7.52. The van der Waals surface area contributed by atoms with Gasteiger partial charge < -0.3 is 5.32 Å². The number of nitrogens with zero attached hydrogens (tertiary/aromatic N) is 3. The van der Waals surface area contributed by atoms with Gasteiger partial charge in [-0.05, 0) is 35.4 Å². The maximum atomic E-state index is 12.4. The SMILES string of the molecule is Cc1cnn(-c2ccc(NC(=O)C3C(C)(C)C3(C)C)nc2)c1. The molecule has 1 aliphatic carbocycles. The van der Waals surface area contributed by atoms with Crippen molar-refractivity contribution in [1.29, 1.82) is 0 Å². The highest BCUT2D eigenvalue weighted by molar-refractivity contribution is 5.95. The fourth-order valence-corrected chi connectivity index (χ4v) is 3.20. The molecule has 0 aromatic carbocycles. The van der Waals surface area contributed by atoms with Crippen LogP contribution in [0.25, 0.3) is 5.69 Å². The molecule has 1 amide bonds. The molecule has 0 bridgehead atoms. The molecule has 2 aromatic heterocycles. The highest BCUT2D eigenvalue weighted by atomic mass is 16.2. The van der Waals surface area contributed by atoms with Gasteiger partial charge in [0.1, 0.15) is 5.82 Å². The van der Waals surface area contributed by atoms with Crippen LogP contribution in [0.3, 0.4) is 0 Å². The van der Waals surface area contributed by atoms with Crippen LogP contribution < -0.4 is 5.32 Å². The molecule has 116 valence electrons. The maximum absolute atomic E-state index is 12.4. The summed E-state index contributed by atoms with van der Waals surface area (Å²) in [7, 11) is 0. The normalized spacial score (nSPS) is 19.0. The van der Waals surface area contributed by atoms with Gasteiger partial charge in [-0.2, -0.15) is 5.10 Å². The molecule has 5 heteroatoms.